The van der Waals surface area contributed by atoms with E-state index in [0.717, 1.165) is 4.88 Å². The highest BCUT2D eigenvalue weighted by molar-refractivity contribution is 7.14. The maximum atomic E-state index is 12.2. The van der Waals surface area contributed by atoms with Gasteiger partial charge in [0.15, 0.2) is 6.61 Å². The average Bonchev–Trinajstić information content (AvgIpc) is 3.06. The van der Waals surface area contributed by atoms with E-state index in [4.69, 9.17) is 16.3 Å². The molecule has 0 fully saturated rings. The first-order chi connectivity index (χ1) is 12.2. The van der Waals surface area contributed by atoms with E-state index in [0.29, 0.717) is 22.0 Å². The van der Waals surface area contributed by atoms with E-state index in [1.165, 1.54) is 23.5 Å². The van der Waals surface area contributed by atoms with Crippen LogP contribution in [0.5, 0.6) is 0 Å². The molecule has 1 aromatic carbocycles. The van der Waals surface area contributed by atoms with Crippen molar-refractivity contribution >= 4 is 40.6 Å². The van der Waals surface area contributed by atoms with Crippen molar-refractivity contribution < 1.29 is 19.1 Å². The maximum Gasteiger partial charge on any atom is 0.338 e. The number of hydrogen-bond donors (Lipinski definition) is 1. The molecule has 2 aromatic rings. The molecule has 26 heavy (non-hydrogen) atoms. The third kappa shape index (κ3) is 5.68. The molecule has 0 aliphatic carbocycles. The number of hydrogen-bond acceptors (Lipinski definition) is 5. The number of amides is 1. The van der Waals surface area contributed by atoms with Crippen LogP contribution in [0.2, 0.25) is 5.02 Å². The molecule has 0 aliphatic rings. The largest absolute Gasteiger partial charge is 0.454 e. The SMILES string of the molecule is CC(C)(C)C(=O)NCc1ccc(C(=O)COC(=O)c2ccc(Cl)cc2)s1. The predicted octanol–water partition coefficient (Wildman–Crippen LogP) is 4.10. The van der Waals surface area contributed by atoms with Crippen LogP contribution in [-0.4, -0.2) is 24.3 Å². The van der Waals surface area contributed by atoms with Crippen molar-refractivity contribution in [2.24, 2.45) is 5.41 Å². The van der Waals surface area contributed by atoms with Crippen molar-refractivity contribution in [2.45, 2.75) is 27.3 Å². The lowest BCUT2D eigenvalue weighted by molar-refractivity contribution is -0.128. The van der Waals surface area contributed by atoms with E-state index >= 15 is 0 Å². The third-order valence-electron chi connectivity index (χ3n) is 3.46. The molecule has 7 heteroatoms. The molecule has 0 atom stereocenters. The molecule has 138 valence electrons. The number of nitrogens with one attached hydrogen (secondary N) is 1. The lowest BCUT2D eigenvalue weighted by Gasteiger charge is -2.17. The van der Waals surface area contributed by atoms with Crippen LogP contribution in [-0.2, 0) is 16.1 Å². The number of esters is 1. The van der Waals surface area contributed by atoms with E-state index in [2.05, 4.69) is 5.32 Å². The van der Waals surface area contributed by atoms with Crippen molar-refractivity contribution in [3.05, 3.63) is 56.7 Å². The summed E-state index contributed by atoms with van der Waals surface area (Å²) in [5.74, 6) is -0.925. The normalized spacial score (nSPS) is 11.1. The van der Waals surface area contributed by atoms with Gasteiger partial charge < -0.3 is 10.1 Å². The summed E-state index contributed by atoms with van der Waals surface area (Å²) in [4.78, 5) is 37.3. The van der Waals surface area contributed by atoms with Crippen LogP contribution in [0.3, 0.4) is 0 Å². The minimum atomic E-state index is -0.579. The lowest BCUT2D eigenvalue weighted by Crippen LogP contribution is -2.34. The monoisotopic (exact) mass is 393 g/mol. The van der Waals surface area contributed by atoms with E-state index < -0.39 is 11.4 Å². The summed E-state index contributed by atoms with van der Waals surface area (Å²) < 4.78 is 5.04. The number of carbonyl (C=O) groups excluding carboxylic acids is 3. The molecule has 1 heterocycles. The summed E-state index contributed by atoms with van der Waals surface area (Å²) in [5, 5.41) is 3.35. The molecular formula is C19H20ClNO4S. The van der Waals surface area contributed by atoms with E-state index in [9.17, 15) is 14.4 Å². The Hall–Kier alpha value is -2.18. The van der Waals surface area contributed by atoms with Gasteiger partial charge in [-0.2, -0.15) is 0 Å². The van der Waals surface area contributed by atoms with E-state index in [1.54, 1.807) is 24.3 Å². The Morgan fingerprint density at radius 3 is 2.35 bits per heavy atom. The van der Waals surface area contributed by atoms with Gasteiger partial charge >= 0.3 is 5.97 Å². The second-order valence-corrected chi connectivity index (χ2v) is 8.31. The fourth-order valence-electron chi connectivity index (χ4n) is 1.93. The molecule has 0 saturated heterocycles. The summed E-state index contributed by atoms with van der Waals surface area (Å²) in [6, 6.07) is 9.69. The smallest absolute Gasteiger partial charge is 0.338 e. The Labute approximate surface area is 161 Å². The highest BCUT2D eigenvalue weighted by atomic mass is 35.5. The standard InChI is InChI=1S/C19H20ClNO4S/c1-19(2,3)18(24)21-10-14-8-9-16(26-14)15(22)11-25-17(23)12-4-6-13(20)7-5-12/h4-9H,10-11H2,1-3H3,(H,21,24). The molecule has 0 spiro atoms. The topological polar surface area (TPSA) is 72.5 Å². The Bertz CT molecular complexity index is 806. The van der Waals surface area contributed by atoms with Crippen LogP contribution in [0.4, 0.5) is 0 Å². The van der Waals surface area contributed by atoms with Gasteiger partial charge in [-0.1, -0.05) is 32.4 Å². The Balaban J connectivity index is 1.86. The first-order valence-corrected chi connectivity index (χ1v) is 9.19. The molecule has 0 bridgehead atoms. The van der Waals surface area contributed by atoms with Crippen LogP contribution in [0.25, 0.3) is 0 Å². The summed E-state index contributed by atoms with van der Waals surface area (Å²) in [5.41, 5.74) is -0.134. The number of Topliss-reactive ketones (excluding diaryl/α,β-unsaturated/α-hetero) is 1. The molecule has 1 aromatic heterocycles. The molecule has 0 unspecified atom stereocenters. The molecular weight excluding hydrogens is 374 g/mol. The van der Waals surface area contributed by atoms with Gasteiger partial charge in [0.1, 0.15) is 0 Å². The van der Waals surface area contributed by atoms with Gasteiger partial charge in [0.05, 0.1) is 17.0 Å². The van der Waals surface area contributed by atoms with Gasteiger partial charge in [-0.25, -0.2) is 4.79 Å². The summed E-state index contributed by atoms with van der Waals surface area (Å²) in [7, 11) is 0. The first kappa shape index (κ1) is 20.1. The van der Waals surface area contributed by atoms with Crippen LogP contribution in [0.15, 0.2) is 36.4 Å². The van der Waals surface area contributed by atoms with Crippen LogP contribution in [0, 0.1) is 5.41 Å². The summed E-state index contributed by atoms with van der Waals surface area (Å²) >= 11 is 7.04. The zero-order chi connectivity index (χ0) is 19.3. The lowest BCUT2D eigenvalue weighted by atomic mass is 9.96. The molecule has 5 nitrogen and oxygen atoms in total. The summed E-state index contributed by atoms with van der Waals surface area (Å²) in [6.07, 6.45) is 0. The van der Waals surface area contributed by atoms with E-state index in [1.807, 2.05) is 20.8 Å². The second-order valence-electron chi connectivity index (χ2n) is 6.70. The minimum absolute atomic E-state index is 0.0596. The van der Waals surface area contributed by atoms with Gasteiger partial charge in [-0.05, 0) is 36.4 Å². The fourth-order valence-corrected chi connectivity index (χ4v) is 2.92. The zero-order valence-corrected chi connectivity index (χ0v) is 16.4. The predicted molar refractivity (Wildman–Crippen MR) is 102 cm³/mol. The number of benzene rings is 1. The average molecular weight is 394 g/mol. The van der Waals surface area contributed by atoms with Crippen molar-refractivity contribution in [2.75, 3.05) is 6.61 Å². The number of thiophene rings is 1. The molecule has 0 aliphatic heterocycles. The highest BCUT2D eigenvalue weighted by Crippen LogP contribution is 2.19. The van der Waals surface area contributed by atoms with Crippen molar-refractivity contribution in [1.82, 2.24) is 5.32 Å². The third-order valence-corrected chi connectivity index (χ3v) is 4.83. The zero-order valence-electron chi connectivity index (χ0n) is 14.8. The van der Waals surface area contributed by atoms with Gasteiger partial charge in [0.2, 0.25) is 11.7 Å². The van der Waals surface area contributed by atoms with Gasteiger partial charge in [0, 0.05) is 15.3 Å². The highest BCUT2D eigenvalue weighted by Gasteiger charge is 2.21. The Morgan fingerprint density at radius 2 is 1.73 bits per heavy atom. The number of ketones is 1. The maximum absolute atomic E-state index is 12.2. The van der Waals surface area contributed by atoms with Gasteiger partial charge in [0.25, 0.3) is 0 Å². The number of carbonyl (C=O) groups is 3. The van der Waals surface area contributed by atoms with Gasteiger partial charge in [-0.3, -0.25) is 9.59 Å². The second kappa shape index (κ2) is 8.47. The number of ether oxygens (including phenoxy) is 1. The minimum Gasteiger partial charge on any atom is -0.454 e. The molecule has 1 N–H and O–H groups in total. The van der Waals surface area contributed by atoms with E-state index in [-0.39, 0.29) is 18.3 Å². The van der Waals surface area contributed by atoms with Gasteiger partial charge in [-0.15, -0.1) is 11.3 Å². The summed E-state index contributed by atoms with van der Waals surface area (Å²) in [6.45, 7) is 5.52. The Morgan fingerprint density at radius 1 is 1.08 bits per heavy atom. The van der Waals surface area contributed by atoms with Crippen molar-refractivity contribution in [1.29, 1.82) is 0 Å². The number of halogens is 1. The molecule has 2 rings (SSSR count). The molecule has 1 amide bonds. The van der Waals surface area contributed by atoms with Crippen LogP contribution in [0.1, 0.15) is 45.7 Å². The fraction of sp³-hybridized carbons (Fsp3) is 0.316. The van der Waals surface area contributed by atoms with Crippen LogP contribution < -0.4 is 5.32 Å². The number of rotatable bonds is 6. The quantitative estimate of drug-likeness (QED) is 0.592. The van der Waals surface area contributed by atoms with Crippen molar-refractivity contribution in [3.63, 3.8) is 0 Å². The Kier molecular flexibility index (Phi) is 6.56. The van der Waals surface area contributed by atoms with Crippen molar-refractivity contribution in [3.8, 4) is 0 Å². The molecule has 0 radical (unpaired) electrons. The van der Waals surface area contributed by atoms with Crippen LogP contribution >= 0.6 is 22.9 Å². The molecule has 0 saturated carbocycles. The first-order valence-electron chi connectivity index (χ1n) is 8.00.